The Bertz CT molecular complexity index is 433. The Balaban J connectivity index is 2.18. The topological polar surface area (TPSA) is 94.9 Å². The van der Waals surface area contributed by atoms with E-state index in [1.54, 1.807) is 0 Å². The molecule has 0 aliphatic heterocycles. The molecule has 0 aromatic carbocycles. The number of amides is 1. The maximum absolute atomic E-state index is 11.0. The Labute approximate surface area is 101 Å². The van der Waals surface area contributed by atoms with Crippen LogP contribution in [-0.2, 0) is 0 Å². The van der Waals surface area contributed by atoms with Crippen LogP contribution in [0.1, 0.15) is 54.7 Å². The molecule has 1 heterocycles. The molecule has 2 unspecified atom stereocenters. The number of anilines is 1. The standard InChI is InChI=1S/C12H18N4O/c1-2-7-3-4-8(5-7)12-15-6-9(11(14)17)10(13)16-12/h6-8H,2-5H2,1H3,(H2,14,17)(H2,13,15,16). The summed E-state index contributed by atoms with van der Waals surface area (Å²) < 4.78 is 0. The van der Waals surface area contributed by atoms with E-state index in [0.717, 1.165) is 24.6 Å². The lowest BCUT2D eigenvalue weighted by Gasteiger charge is -2.10. The van der Waals surface area contributed by atoms with Crippen molar-refractivity contribution >= 4 is 11.7 Å². The van der Waals surface area contributed by atoms with E-state index in [1.807, 2.05) is 0 Å². The Kier molecular flexibility index (Phi) is 3.26. The molecule has 0 bridgehead atoms. The first-order valence-electron chi connectivity index (χ1n) is 6.04. The summed E-state index contributed by atoms with van der Waals surface area (Å²) in [5.41, 5.74) is 11.1. The second-order valence-corrected chi connectivity index (χ2v) is 4.68. The number of hydrogen-bond acceptors (Lipinski definition) is 4. The minimum Gasteiger partial charge on any atom is -0.383 e. The molecule has 1 fully saturated rings. The molecule has 1 amide bonds. The first-order valence-corrected chi connectivity index (χ1v) is 6.04. The van der Waals surface area contributed by atoms with Crippen molar-refractivity contribution in [3.8, 4) is 0 Å². The fourth-order valence-electron chi connectivity index (χ4n) is 2.48. The molecular weight excluding hydrogens is 216 g/mol. The van der Waals surface area contributed by atoms with Gasteiger partial charge in [0, 0.05) is 12.1 Å². The molecule has 1 aliphatic rings. The molecular formula is C12H18N4O. The van der Waals surface area contributed by atoms with Gasteiger partial charge in [-0.25, -0.2) is 9.97 Å². The second-order valence-electron chi connectivity index (χ2n) is 4.68. The van der Waals surface area contributed by atoms with Crippen molar-refractivity contribution in [2.45, 2.75) is 38.5 Å². The molecule has 2 atom stereocenters. The summed E-state index contributed by atoms with van der Waals surface area (Å²) in [4.78, 5) is 19.4. The van der Waals surface area contributed by atoms with Gasteiger partial charge >= 0.3 is 0 Å². The molecule has 1 aromatic heterocycles. The van der Waals surface area contributed by atoms with Gasteiger partial charge in [-0.1, -0.05) is 13.3 Å². The Morgan fingerprint density at radius 3 is 2.82 bits per heavy atom. The first kappa shape index (κ1) is 11.8. The number of nitrogens with two attached hydrogens (primary N) is 2. The molecule has 0 radical (unpaired) electrons. The number of rotatable bonds is 3. The summed E-state index contributed by atoms with van der Waals surface area (Å²) in [6, 6.07) is 0. The third-order valence-corrected chi connectivity index (χ3v) is 3.59. The second kappa shape index (κ2) is 4.69. The van der Waals surface area contributed by atoms with Crippen molar-refractivity contribution in [3.63, 3.8) is 0 Å². The number of carbonyl (C=O) groups is 1. The summed E-state index contributed by atoms with van der Waals surface area (Å²) >= 11 is 0. The summed E-state index contributed by atoms with van der Waals surface area (Å²) in [6.45, 7) is 2.21. The minimum absolute atomic E-state index is 0.197. The highest BCUT2D eigenvalue weighted by Gasteiger charge is 2.27. The lowest BCUT2D eigenvalue weighted by Crippen LogP contribution is -2.16. The molecule has 1 aromatic rings. The molecule has 5 heteroatoms. The van der Waals surface area contributed by atoms with Crippen LogP contribution in [0, 0.1) is 5.92 Å². The fraction of sp³-hybridized carbons (Fsp3) is 0.583. The van der Waals surface area contributed by atoms with Crippen molar-refractivity contribution in [3.05, 3.63) is 17.6 Å². The van der Waals surface area contributed by atoms with Gasteiger partial charge in [-0.2, -0.15) is 0 Å². The Morgan fingerprint density at radius 2 is 2.29 bits per heavy atom. The Hall–Kier alpha value is -1.65. The largest absolute Gasteiger partial charge is 0.383 e. The van der Waals surface area contributed by atoms with E-state index in [2.05, 4.69) is 16.9 Å². The summed E-state index contributed by atoms with van der Waals surface area (Å²) in [5.74, 6) is 1.52. The van der Waals surface area contributed by atoms with E-state index in [-0.39, 0.29) is 11.4 Å². The molecule has 92 valence electrons. The molecule has 0 saturated heterocycles. The van der Waals surface area contributed by atoms with Crippen LogP contribution in [0.15, 0.2) is 6.20 Å². The van der Waals surface area contributed by atoms with Gasteiger partial charge < -0.3 is 11.5 Å². The van der Waals surface area contributed by atoms with Crippen LogP contribution in [-0.4, -0.2) is 15.9 Å². The highest BCUT2D eigenvalue weighted by Crippen LogP contribution is 2.38. The lowest BCUT2D eigenvalue weighted by molar-refractivity contribution is 0.100. The van der Waals surface area contributed by atoms with Crippen LogP contribution in [0.2, 0.25) is 0 Å². The van der Waals surface area contributed by atoms with Crippen LogP contribution in [0.4, 0.5) is 5.82 Å². The lowest BCUT2D eigenvalue weighted by atomic mass is 10.0. The van der Waals surface area contributed by atoms with Crippen LogP contribution >= 0.6 is 0 Å². The smallest absolute Gasteiger partial charge is 0.254 e. The van der Waals surface area contributed by atoms with Gasteiger partial charge in [0.05, 0.1) is 5.56 Å². The molecule has 4 N–H and O–H groups in total. The van der Waals surface area contributed by atoms with Gasteiger partial charge in [-0.3, -0.25) is 4.79 Å². The van der Waals surface area contributed by atoms with E-state index in [9.17, 15) is 4.79 Å². The molecule has 17 heavy (non-hydrogen) atoms. The van der Waals surface area contributed by atoms with Gasteiger partial charge in [0.25, 0.3) is 5.91 Å². The number of nitrogen functional groups attached to an aromatic ring is 1. The van der Waals surface area contributed by atoms with Crippen LogP contribution in [0.5, 0.6) is 0 Å². The minimum atomic E-state index is -0.577. The average Bonchev–Trinajstić information content (AvgIpc) is 2.76. The average molecular weight is 234 g/mol. The van der Waals surface area contributed by atoms with E-state index in [4.69, 9.17) is 11.5 Å². The number of primary amides is 1. The Morgan fingerprint density at radius 1 is 1.53 bits per heavy atom. The molecule has 2 rings (SSSR count). The van der Waals surface area contributed by atoms with Crippen molar-refractivity contribution in [2.75, 3.05) is 5.73 Å². The van der Waals surface area contributed by atoms with Gasteiger partial charge in [-0.05, 0) is 25.2 Å². The van der Waals surface area contributed by atoms with E-state index < -0.39 is 5.91 Å². The van der Waals surface area contributed by atoms with Gasteiger partial charge in [0.1, 0.15) is 11.6 Å². The highest BCUT2D eigenvalue weighted by atomic mass is 16.1. The number of hydrogen-bond donors (Lipinski definition) is 2. The zero-order chi connectivity index (χ0) is 12.4. The zero-order valence-corrected chi connectivity index (χ0v) is 10.0. The summed E-state index contributed by atoms with van der Waals surface area (Å²) in [7, 11) is 0. The van der Waals surface area contributed by atoms with Crippen molar-refractivity contribution in [1.82, 2.24) is 9.97 Å². The van der Waals surface area contributed by atoms with Gasteiger partial charge in [0.2, 0.25) is 0 Å². The van der Waals surface area contributed by atoms with Crippen molar-refractivity contribution in [1.29, 1.82) is 0 Å². The monoisotopic (exact) mass is 234 g/mol. The van der Waals surface area contributed by atoms with Crippen LogP contribution in [0.3, 0.4) is 0 Å². The van der Waals surface area contributed by atoms with Crippen LogP contribution < -0.4 is 11.5 Å². The SMILES string of the molecule is CCC1CCC(c2ncc(C(N)=O)c(N)n2)C1. The van der Waals surface area contributed by atoms with Crippen molar-refractivity contribution in [2.24, 2.45) is 11.7 Å². The maximum atomic E-state index is 11.0. The molecule has 0 spiro atoms. The van der Waals surface area contributed by atoms with E-state index in [1.165, 1.54) is 19.0 Å². The maximum Gasteiger partial charge on any atom is 0.254 e. The number of aromatic nitrogens is 2. The molecule has 1 aliphatic carbocycles. The predicted molar refractivity (Wildman–Crippen MR) is 65.3 cm³/mol. The zero-order valence-electron chi connectivity index (χ0n) is 10.0. The molecule has 5 nitrogen and oxygen atoms in total. The quantitative estimate of drug-likeness (QED) is 0.827. The molecule has 1 saturated carbocycles. The number of carbonyl (C=O) groups excluding carboxylic acids is 1. The first-order chi connectivity index (χ1) is 8.11. The van der Waals surface area contributed by atoms with Crippen molar-refractivity contribution < 1.29 is 4.79 Å². The van der Waals surface area contributed by atoms with Gasteiger partial charge in [-0.15, -0.1) is 0 Å². The highest BCUT2D eigenvalue weighted by molar-refractivity contribution is 5.96. The fourth-order valence-corrected chi connectivity index (χ4v) is 2.48. The summed E-state index contributed by atoms with van der Waals surface area (Å²) in [5, 5.41) is 0. The van der Waals surface area contributed by atoms with E-state index in [0.29, 0.717) is 5.92 Å². The van der Waals surface area contributed by atoms with Gasteiger partial charge in [0.15, 0.2) is 0 Å². The number of nitrogens with zero attached hydrogens (tertiary/aromatic N) is 2. The summed E-state index contributed by atoms with van der Waals surface area (Å²) in [6.07, 6.45) is 6.09. The third kappa shape index (κ3) is 2.38. The van der Waals surface area contributed by atoms with E-state index >= 15 is 0 Å². The predicted octanol–water partition coefficient (Wildman–Crippen LogP) is 1.45. The van der Waals surface area contributed by atoms with Crippen LogP contribution in [0.25, 0.3) is 0 Å². The third-order valence-electron chi connectivity index (χ3n) is 3.59. The normalized spacial score (nSPS) is 23.8.